The Hall–Kier alpha value is -0.830. The van der Waals surface area contributed by atoms with Crippen molar-refractivity contribution < 1.29 is 14.6 Å². The molecule has 2 aliphatic carbocycles. The fraction of sp³-hybridized carbons (Fsp3) is 0.786. The predicted molar refractivity (Wildman–Crippen MR) is 65.4 cm³/mol. The van der Waals surface area contributed by atoms with Crippen LogP contribution in [0.3, 0.4) is 0 Å². The lowest BCUT2D eigenvalue weighted by Crippen LogP contribution is -2.54. The highest BCUT2D eigenvalue weighted by Gasteiger charge is 2.64. The Morgan fingerprint density at radius 2 is 2.18 bits per heavy atom. The van der Waals surface area contributed by atoms with Crippen molar-refractivity contribution >= 4 is 5.97 Å². The molecule has 2 fully saturated rings. The van der Waals surface area contributed by atoms with Crippen molar-refractivity contribution in [3.05, 3.63) is 12.7 Å². The third kappa shape index (κ3) is 1.63. The maximum absolute atomic E-state index is 12.3. The van der Waals surface area contributed by atoms with Gasteiger partial charge < -0.3 is 9.84 Å². The first-order chi connectivity index (χ1) is 8.10. The standard InChI is InChI=1S/C14H22O3/c1-3-11-7-10-13(12(15)17-4-2)8-5-6-9-14(11,13)16/h3,11,16H,1,4-10H2,2H3/t11?,13-,14-/m0/s1. The van der Waals surface area contributed by atoms with Gasteiger partial charge in [-0.15, -0.1) is 6.58 Å². The van der Waals surface area contributed by atoms with Crippen LogP contribution in [0.2, 0.25) is 0 Å². The Labute approximate surface area is 103 Å². The van der Waals surface area contributed by atoms with E-state index in [-0.39, 0.29) is 11.9 Å². The van der Waals surface area contributed by atoms with Crippen LogP contribution in [0.15, 0.2) is 12.7 Å². The summed E-state index contributed by atoms with van der Waals surface area (Å²) in [7, 11) is 0. The molecular weight excluding hydrogens is 216 g/mol. The molecule has 0 amide bonds. The number of esters is 1. The topological polar surface area (TPSA) is 46.5 Å². The van der Waals surface area contributed by atoms with E-state index in [2.05, 4.69) is 6.58 Å². The largest absolute Gasteiger partial charge is 0.465 e. The third-order valence-electron chi connectivity index (χ3n) is 4.69. The number of carbonyl (C=O) groups excluding carboxylic acids is 1. The van der Waals surface area contributed by atoms with Crippen molar-refractivity contribution in [1.82, 2.24) is 0 Å². The highest BCUT2D eigenvalue weighted by molar-refractivity contribution is 5.79. The smallest absolute Gasteiger partial charge is 0.315 e. The summed E-state index contributed by atoms with van der Waals surface area (Å²) in [6.07, 6.45) is 6.84. The second kappa shape index (κ2) is 4.45. The number of hydrogen-bond acceptors (Lipinski definition) is 3. The molecule has 96 valence electrons. The Bertz CT molecular complexity index is 325. The van der Waals surface area contributed by atoms with Crippen LogP contribution in [-0.2, 0) is 9.53 Å². The normalized spacial score (nSPS) is 40.7. The van der Waals surface area contributed by atoms with E-state index in [1.54, 1.807) is 0 Å². The number of hydrogen-bond donors (Lipinski definition) is 1. The number of carbonyl (C=O) groups is 1. The molecule has 2 rings (SSSR count). The Balaban J connectivity index is 2.35. The summed E-state index contributed by atoms with van der Waals surface area (Å²) < 4.78 is 5.21. The average Bonchev–Trinajstić information content (AvgIpc) is 2.63. The van der Waals surface area contributed by atoms with Gasteiger partial charge in [-0.05, 0) is 32.6 Å². The lowest BCUT2D eigenvalue weighted by Gasteiger charge is -2.46. The zero-order valence-electron chi connectivity index (χ0n) is 10.6. The minimum Gasteiger partial charge on any atom is -0.465 e. The molecule has 0 aromatic heterocycles. The molecule has 0 aliphatic heterocycles. The van der Waals surface area contributed by atoms with Gasteiger partial charge in [-0.1, -0.05) is 18.9 Å². The maximum Gasteiger partial charge on any atom is 0.315 e. The second-order valence-corrected chi connectivity index (χ2v) is 5.31. The van der Waals surface area contributed by atoms with E-state index in [9.17, 15) is 9.90 Å². The predicted octanol–water partition coefficient (Wildman–Crippen LogP) is 2.44. The molecule has 0 saturated heterocycles. The van der Waals surface area contributed by atoms with E-state index >= 15 is 0 Å². The van der Waals surface area contributed by atoms with Crippen LogP contribution in [0.1, 0.15) is 45.4 Å². The van der Waals surface area contributed by atoms with Crippen molar-refractivity contribution in [2.45, 2.75) is 51.0 Å². The maximum atomic E-state index is 12.3. The second-order valence-electron chi connectivity index (χ2n) is 5.31. The van der Waals surface area contributed by atoms with Gasteiger partial charge in [0.05, 0.1) is 17.6 Å². The van der Waals surface area contributed by atoms with Crippen LogP contribution in [0, 0.1) is 11.3 Å². The Morgan fingerprint density at radius 1 is 1.47 bits per heavy atom. The molecule has 2 saturated carbocycles. The molecule has 3 heteroatoms. The summed E-state index contributed by atoms with van der Waals surface area (Å²) in [4.78, 5) is 12.3. The van der Waals surface area contributed by atoms with Crippen molar-refractivity contribution in [2.75, 3.05) is 6.61 Å². The first-order valence-electron chi connectivity index (χ1n) is 6.63. The number of ether oxygens (including phenoxy) is 1. The van der Waals surface area contributed by atoms with E-state index in [1.807, 2.05) is 13.0 Å². The van der Waals surface area contributed by atoms with Crippen LogP contribution in [0.5, 0.6) is 0 Å². The van der Waals surface area contributed by atoms with Gasteiger partial charge in [0.1, 0.15) is 0 Å². The van der Waals surface area contributed by atoms with E-state index in [4.69, 9.17) is 4.74 Å². The van der Waals surface area contributed by atoms with Gasteiger partial charge in [-0.2, -0.15) is 0 Å². The summed E-state index contributed by atoms with van der Waals surface area (Å²) in [5.74, 6) is -0.168. The van der Waals surface area contributed by atoms with E-state index in [1.165, 1.54) is 0 Å². The Kier molecular flexibility index (Phi) is 3.30. The van der Waals surface area contributed by atoms with E-state index in [0.717, 1.165) is 32.1 Å². The SMILES string of the molecule is C=CC1CC[C@]2(C(=O)OCC)CCCC[C@]12O. The van der Waals surface area contributed by atoms with Crippen LogP contribution < -0.4 is 0 Å². The molecule has 0 aromatic rings. The fourth-order valence-electron chi connectivity index (χ4n) is 3.76. The quantitative estimate of drug-likeness (QED) is 0.607. The monoisotopic (exact) mass is 238 g/mol. The van der Waals surface area contributed by atoms with Crippen LogP contribution in [0.25, 0.3) is 0 Å². The molecule has 0 radical (unpaired) electrons. The molecular formula is C14H22O3. The van der Waals surface area contributed by atoms with Gasteiger partial charge in [0.15, 0.2) is 0 Å². The molecule has 1 unspecified atom stereocenters. The van der Waals surface area contributed by atoms with Gasteiger partial charge >= 0.3 is 5.97 Å². The minimum absolute atomic E-state index is 0.0345. The fourth-order valence-corrected chi connectivity index (χ4v) is 3.76. The lowest BCUT2D eigenvalue weighted by atomic mass is 9.63. The van der Waals surface area contributed by atoms with Crippen molar-refractivity contribution in [3.63, 3.8) is 0 Å². The van der Waals surface area contributed by atoms with Crippen molar-refractivity contribution in [1.29, 1.82) is 0 Å². The van der Waals surface area contributed by atoms with Crippen molar-refractivity contribution in [3.8, 4) is 0 Å². The van der Waals surface area contributed by atoms with Gasteiger partial charge in [-0.25, -0.2) is 0 Å². The van der Waals surface area contributed by atoms with Gasteiger partial charge in [-0.3, -0.25) is 4.79 Å². The molecule has 1 N–H and O–H groups in total. The van der Waals surface area contributed by atoms with E-state index in [0.29, 0.717) is 13.0 Å². The van der Waals surface area contributed by atoms with Crippen molar-refractivity contribution in [2.24, 2.45) is 11.3 Å². The zero-order chi connectivity index (χ0) is 12.5. The summed E-state index contributed by atoms with van der Waals surface area (Å²) in [5.41, 5.74) is -1.58. The summed E-state index contributed by atoms with van der Waals surface area (Å²) >= 11 is 0. The van der Waals surface area contributed by atoms with Gasteiger partial charge in [0.2, 0.25) is 0 Å². The van der Waals surface area contributed by atoms with Crippen LogP contribution in [0.4, 0.5) is 0 Å². The molecule has 3 nitrogen and oxygen atoms in total. The van der Waals surface area contributed by atoms with Crippen LogP contribution in [-0.4, -0.2) is 23.3 Å². The number of fused-ring (bicyclic) bond motifs is 1. The first-order valence-corrected chi connectivity index (χ1v) is 6.63. The summed E-state index contributed by atoms with van der Waals surface area (Å²) in [6, 6.07) is 0. The minimum atomic E-state index is -0.917. The molecule has 0 spiro atoms. The molecule has 0 heterocycles. The highest BCUT2D eigenvalue weighted by atomic mass is 16.5. The summed E-state index contributed by atoms with van der Waals surface area (Å²) in [6.45, 7) is 6.00. The van der Waals surface area contributed by atoms with Crippen LogP contribution >= 0.6 is 0 Å². The molecule has 3 atom stereocenters. The first kappa shape index (κ1) is 12.6. The van der Waals surface area contributed by atoms with Gasteiger partial charge in [0.25, 0.3) is 0 Å². The summed E-state index contributed by atoms with van der Waals surface area (Å²) in [5, 5.41) is 10.9. The number of rotatable bonds is 3. The average molecular weight is 238 g/mol. The number of aliphatic hydroxyl groups is 1. The Morgan fingerprint density at radius 3 is 2.82 bits per heavy atom. The zero-order valence-corrected chi connectivity index (χ0v) is 10.6. The molecule has 17 heavy (non-hydrogen) atoms. The molecule has 0 bridgehead atoms. The molecule has 2 aliphatic rings. The molecule has 0 aromatic carbocycles. The van der Waals surface area contributed by atoms with E-state index < -0.39 is 11.0 Å². The third-order valence-corrected chi connectivity index (χ3v) is 4.69. The lowest BCUT2D eigenvalue weighted by molar-refractivity contribution is -0.180. The van der Waals surface area contributed by atoms with Gasteiger partial charge in [0, 0.05) is 5.92 Å². The highest BCUT2D eigenvalue weighted by Crippen LogP contribution is 2.58.